The summed E-state index contributed by atoms with van der Waals surface area (Å²) in [7, 11) is 6.67. The van der Waals surface area contributed by atoms with E-state index < -0.39 is 0 Å². The van der Waals surface area contributed by atoms with Crippen LogP contribution in [0.5, 0.6) is 11.5 Å². The third-order valence-corrected chi connectivity index (χ3v) is 3.12. The molecule has 0 amide bonds. The number of hydrogen-bond donors (Lipinski definition) is 1. The number of ether oxygens (including phenoxy) is 2. The van der Waals surface area contributed by atoms with Crippen molar-refractivity contribution in [2.75, 3.05) is 38.9 Å². The number of hydrogen-bond acceptors (Lipinski definition) is 8. The molecule has 1 heterocycles. The molecule has 1 aromatic carbocycles. The van der Waals surface area contributed by atoms with E-state index in [0.717, 1.165) is 5.56 Å². The van der Waals surface area contributed by atoms with Gasteiger partial charge in [0.25, 0.3) is 0 Å². The third kappa shape index (κ3) is 3.70. The Bertz CT molecular complexity index is 811. The minimum absolute atomic E-state index is 0.0529. The third-order valence-electron chi connectivity index (χ3n) is 3.12. The quantitative estimate of drug-likeness (QED) is 0.825. The number of nitrogens with zero attached hydrogens (tertiary/aromatic N) is 5. The average molecular weight is 326 g/mol. The summed E-state index contributed by atoms with van der Waals surface area (Å²) in [6.45, 7) is 0. The van der Waals surface area contributed by atoms with Crippen LogP contribution in [-0.2, 0) is 0 Å². The van der Waals surface area contributed by atoms with E-state index in [1.165, 1.54) is 0 Å². The maximum Gasteiger partial charge on any atom is 0.230 e. The molecule has 2 aromatic rings. The van der Waals surface area contributed by atoms with Gasteiger partial charge in [0.05, 0.1) is 19.8 Å². The van der Waals surface area contributed by atoms with E-state index in [0.29, 0.717) is 17.4 Å². The molecule has 0 fully saturated rings. The largest absolute Gasteiger partial charge is 0.493 e. The molecule has 0 atom stereocenters. The van der Waals surface area contributed by atoms with Crippen molar-refractivity contribution in [2.24, 2.45) is 0 Å². The second kappa shape index (κ2) is 7.28. The van der Waals surface area contributed by atoms with Crippen molar-refractivity contribution in [1.82, 2.24) is 15.0 Å². The minimum Gasteiger partial charge on any atom is -0.493 e. The van der Waals surface area contributed by atoms with Crippen LogP contribution < -0.4 is 20.1 Å². The summed E-state index contributed by atoms with van der Waals surface area (Å²) in [5, 5.41) is 9.46. The summed E-state index contributed by atoms with van der Waals surface area (Å²) in [4.78, 5) is 14.0. The van der Waals surface area contributed by atoms with Crippen LogP contribution in [0.2, 0.25) is 0 Å². The summed E-state index contributed by atoms with van der Waals surface area (Å²) < 4.78 is 10.5. The van der Waals surface area contributed by atoms with Crippen LogP contribution in [0.3, 0.4) is 0 Å². The monoisotopic (exact) mass is 326 g/mol. The Kier molecular flexibility index (Phi) is 5.16. The number of nitriles is 1. The molecule has 8 heteroatoms. The highest BCUT2D eigenvalue weighted by Gasteiger charge is 2.11. The zero-order chi connectivity index (χ0) is 17.7. The van der Waals surface area contributed by atoms with Crippen molar-refractivity contribution in [2.45, 2.75) is 0 Å². The molecule has 24 heavy (non-hydrogen) atoms. The molecule has 0 aliphatic heterocycles. The molecule has 0 saturated heterocycles. The molecular formula is C16H18N6O2. The van der Waals surface area contributed by atoms with Gasteiger partial charge in [-0.1, -0.05) is 6.07 Å². The first-order valence-corrected chi connectivity index (χ1v) is 7.01. The predicted molar refractivity (Wildman–Crippen MR) is 91.6 cm³/mol. The number of rotatable bonds is 5. The fourth-order valence-electron chi connectivity index (χ4n) is 1.96. The summed E-state index contributed by atoms with van der Waals surface area (Å²) in [6, 6.07) is 7.40. The normalized spacial score (nSPS) is 10.9. The number of allylic oxidation sites excluding steroid dienone is 1. The highest BCUT2D eigenvalue weighted by Crippen LogP contribution is 2.29. The van der Waals surface area contributed by atoms with Gasteiger partial charge < -0.3 is 20.1 Å². The van der Waals surface area contributed by atoms with Gasteiger partial charge in [-0.15, -0.1) is 0 Å². The smallest absolute Gasteiger partial charge is 0.230 e. The molecule has 2 rings (SSSR count). The van der Waals surface area contributed by atoms with E-state index in [9.17, 15) is 5.26 Å². The number of aromatic nitrogens is 3. The van der Waals surface area contributed by atoms with Gasteiger partial charge in [-0.05, 0) is 23.8 Å². The molecule has 0 bridgehead atoms. The Morgan fingerprint density at radius 1 is 1.17 bits per heavy atom. The lowest BCUT2D eigenvalue weighted by atomic mass is 10.1. The number of methoxy groups -OCH3 is 2. The molecule has 2 N–H and O–H groups in total. The van der Waals surface area contributed by atoms with Crippen LogP contribution in [0.15, 0.2) is 18.2 Å². The standard InChI is InChI=1S/C16H18N6O2/c1-22(2)16-20-14(19-15(18)21-16)11(9-17)7-10-5-6-12(23-3)13(8-10)24-4/h5-8H,1-4H3,(H2,18,19,20,21)/b11-7+. The second-order valence-electron chi connectivity index (χ2n) is 5.00. The Hall–Kier alpha value is -3.34. The zero-order valence-corrected chi connectivity index (χ0v) is 13.9. The Morgan fingerprint density at radius 3 is 2.46 bits per heavy atom. The van der Waals surface area contributed by atoms with E-state index in [-0.39, 0.29) is 17.3 Å². The van der Waals surface area contributed by atoms with Crippen molar-refractivity contribution in [3.8, 4) is 17.6 Å². The molecule has 0 aliphatic rings. The predicted octanol–water partition coefficient (Wildman–Crippen LogP) is 1.60. The van der Waals surface area contributed by atoms with E-state index >= 15 is 0 Å². The lowest BCUT2D eigenvalue weighted by Gasteiger charge is -2.11. The second-order valence-corrected chi connectivity index (χ2v) is 5.00. The minimum atomic E-state index is 0.0529. The van der Waals surface area contributed by atoms with Gasteiger partial charge in [-0.2, -0.15) is 20.2 Å². The van der Waals surface area contributed by atoms with Crippen molar-refractivity contribution < 1.29 is 9.47 Å². The average Bonchev–Trinajstić information content (AvgIpc) is 2.58. The van der Waals surface area contributed by atoms with E-state index in [1.807, 2.05) is 0 Å². The Morgan fingerprint density at radius 2 is 1.88 bits per heavy atom. The Balaban J connectivity index is 2.49. The highest BCUT2D eigenvalue weighted by atomic mass is 16.5. The van der Waals surface area contributed by atoms with Gasteiger partial charge in [0.2, 0.25) is 11.9 Å². The molecule has 0 saturated carbocycles. The molecular weight excluding hydrogens is 308 g/mol. The first-order chi connectivity index (χ1) is 11.5. The number of nitrogen functional groups attached to an aromatic ring is 1. The van der Waals surface area contributed by atoms with Crippen molar-refractivity contribution >= 4 is 23.5 Å². The van der Waals surface area contributed by atoms with Gasteiger partial charge in [-0.3, -0.25) is 0 Å². The molecule has 0 radical (unpaired) electrons. The van der Waals surface area contributed by atoms with Crippen LogP contribution in [0.4, 0.5) is 11.9 Å². The van der Waals surface area contributed by atoms with E-state index in [4.69, 9.17) is 15.2 Å². The highest BCUT2D eigenvalue weighted by molar-refractivity contribution is 5.87. The molecule has 0 spiro atoms. The van der Waals surface area contributed by atoms with Gasteiger partial charge in [0.15, 0.2) is 17.3 Å². The molecule has 8 nitrogen and oxygen atoms in total. The number of nitrogens with two attached hydrogens (primary N) is 1. The van der Waals surface area contributed by atoms with Crippen LogP contribution >= 0.6 is 0 Å². The van der Waals surface area contributed by atoms with Gasteiger partial charge >= 0.3 is 0 Å². The molecule has 0 aliphatic carbocycles. The summed E-state index contributed by atoms with van der Waals surface area (Å²) >= 11 is 0. The lowest BCUT2D eigenvalue weighted by molar-refractivity contribution is 0.355. The maximum absolute atomic E-state index is 9.46. The van der Waals surface area contributed by atoms with Crippen LogP contribution in [0.1, 0.15) is 11.4 Å². The van der Waals surface area contributed by atoms with Crippen LogP contribution in [0.25, 0.3) is 11.6 Å². The lowest BCUT2D eigenvalue weighted by Crippen LogP contribution is -2.15. The number of anilines is 2. The molecule has 0 unspecified atom stereocenters. The van der Waals surface area contributed by atoms with Gasteiger partial charge in [0, 0.05) is 14.1 Å². The first-order valence-electron chi connectivity index (χ1n) is 7.01. The van der Waals surface area contributed by atoms with Gasteiger partial charge in [-0.25, -0.2) is 0 Å². The zero-order valence-electron chi connectivity index (χ0n) is 13.9. The molecule has 1 aromatic heterocycles. The van der Waals surface area contributed by atoms with Crippen LogP contribution in [0, 0.1) is 11.3 Å². The Labute approximate surface area is 140 Å². The van der Waals surface area contributed by atoms with Gasteiger partial charge in [0.1, 0.15) is 6.07 Å². The summed E-state index contributed by atoms with van der Waals surface area (Å²) in [6.07, 6.45) is 1.65. The van der Waals surface area contributed by atoms with Crippen molar-refractivity contribution in [3.05, 3.63) is 29.6 Å². The van der Waals surface area contributed by atoms with E-state index in [1.54, 1.807) is 57.5 Å². The first kappa shape index (κ1) is 17.0. The van der Waals surface area contributed by atoms with E-state index in [2.05, 4.69) is 21.0 Å². The molecule has 124 valence electrons. The van der Waals surface area contributed by atoms with Crippen molar-refractivity contribution in [3.63, 3.8) is 0 Å². The number of benzene rings is 1. The van der Waals surface area contributed by atoms with Crippen LogP contribution in [-0.4, -0.2) is 43.3 Å². The summed E-state index contributed by atoms with van der Waals surface area (Å²) in [5.74, 6) is 1.81. The SMILES string of the molecule is COc1ccc(/C=C(\C#N)c2nc(N)nc(N(C)C)n2)cc1OC. The summed E-state index contributed by atoms with van der Waals surface area (Å²) in [5.41, 5.74) is 6.71. The topological polar surface area (TPSA) is 110 Å². The fraction of sp³-hybridized carbons (Fsp3) is 0.250. The fourth-order valence-corrected chi connectivity index (χ4v) is 1.96. The van der Waals surface area contributed by atoms with Crippen molar-refractivity contribution in [1.29, 1.82) is 5.26 Å². The maximum atomic E-state index is 9.46.